The number of carbonyl (C=O) groups excluding carboxylic acids is 2. The number of nitrogens with zero attached hydrogens (tertiary/aromatic N) is 2. The predicted octanol–water partition coefficient (Wildman–Crippen LogP) is 3.97. The lowest BCUT2D eigenvalue weighted by Gasteiger charge is -2.31. The minimum absolute atomic E-state index is 0.0340. The first-order valence-corrected chi connectivity index (χ1v) is 12.7. The van der Waals surface area contributed by atoms with Crippen LogP contribution >= 0.6 is 34.8 Å². The number of carbonyl (C=O) groups is 2. The Hall–Kier alpha value is -2.00. The highest BCUT2D eigenvalue weighted by Crippen LogP contribution is 2.25. The van der Waals surface area contributed by atoms with Gasteiger partial charge in [-0.1, -0.05) is 40.9 Å². The zero-order chi connectivity index (χ0) is 24.1. The number of likely N-dealkylation sites (N-methyl/N-ethyl adjacent to an activating group) is 1. The summed E-state index contributed by atoms with van der Waals surface area (Å²) in [5.41, 5.74) is 0.923. The topological polar surface area (TPSA) is 86.8 Å². The minimum Gasteiger partial charge on any atom is -0.355 e. The molecule has 2 aromatic rings. The van der Waals surface area contributed by atoms with Gasteiger partial charge in [-0.15, -0.1) is 0 Å². The zero-order valence-corrected chi connectivity index (χ0v) is 20.9. The largest absolute Gasteiger partial charge is 0.355 e. The van der Waals surface area contributed by atoms with Crippen molar-refractivity contribution in [3.8, 4) is 0 Å². The maximum absolute atomic E-state index is 13.3. The Morgan fingerprint density at radius 1 is 1.03 bits per heavy atom. The van der Waals surface area contributed by atoms with E-state index in [1.807, 2.05) is 0 Å². The third-order valence-electron chi connectivity index (χ3n) is 4.65. The molecule has 0 aliphatic heterocycles. The van der Waals surface area contributed by atoms with E-state index in [0.29, 0.717) is 27.2 Å². The Balaban J connectivity index is 2.39. The van der Waals surface area contributed by atoms with Crippen molar-refractivity contribution in [2.75, 3.05) is 23.7 Å². The summed E-state index contributed by atoms with van der Waals surface area (Å²) in [7, 11) is -3.80. The fourth-order valence-electron chi connectivity index (χ4n) is 2.96. The first kappa shape index (κ1) is 26.3. The van der Waals surface area contributed by atoms with E-state index in [9.17, 15) is 18.0 Å². The van der Waals surface area contributed by atoms with Crippen LogP contribution in [0.4, 0.5) is 5.69 Å². The van der Waals surface area contributed by atoms with Gasteiger partial charge in [0, 0.05) is 18.1 Å². The Morgan fingerprint density at radius 2 is 1.66 bits per heavy atom. The van der Waals surface area contributed by atoms with E-state index in [-0.39, 0.29) is 18.1 Å². The van der Waals surface area contributed by atoms with Crippen molar-refractivity contribution in [1.29, 1.82) is 0 Å². The van der Waals surface area contributed by atoms with Gasteiger partial charge >= 0.3 is 0 Å². The first-order valence-electron chi connectivity index (χ1n) is 9.68. The second kappa shape index (κ2) is 11.2. The van der Waals surface area contributed by atoms with E-state index in [1.165, 1.54) is 29.2 Å². The highest BCUT2D eigenvalue weighted by atomic mass is 35.5. The van der Waals surface area contributed by atoms with E-state index in [4.69, 9.17) is 34.8 Å². The summed E-state index contributed by atoms with van der Waals surface area (Å²) < 4.78 is 25.8. The van der Waals surface area contributed by atoms with Crippen LogP contribution in [0.3, 0.4) is 0 Å². The van der Waals surface area contributed by atoms with Crippen molar-refractivity contribution < 1.29 is 18.0 Å². The van der Waals surface area contributed by atoms with Gasteiger partial charge in [-0.2, -0.15) is 0 Å². The standard InChI is InChI=1S/C21H24Cl3N3O4S/c1-4-25-21(29)14(2)26(12-15-5-10-18(23)19(24)11-15)20(28)13-27(32(3,30)31)17-8-6-16(22)7-9-17/h5-11,14H,4,12-13H2,1-3H3,(H,25,29). The molecule has 1 unspecified atom stereocenters. The van der Waals surface area contributed by atoms with Crippen molar-refractivity contribution in [2.24, 2.45) is 0 Å². The monoisotopic (exact) mass is 519 g/mol. The van der Waals surface area contributed by atoms with E-state index in [0.717, 1.165) is 10.6 Å². The second-order valence-electron chi connectivity index (χ2n) is 7.09. The number of hydrogen-bond acceptors (Lipinski definition) is 4. The Bertz CT molecular complexity index is 1080. The van der Waals surface area contributed by atoms with Gasteiger partial charge < -0.3 is 10.2 Å². The van der Waals surface area contributed by atoms with Crippen molar-refractivity contribution in [1.82, 2.24) is 10.2 Å². The number of halogens is 3. The van der Waals surface area contributed by atoms with Gasteiger partial charge in [0.15, 0.2) is 0 Å². The van der Waals surface area contributed by atoms with Crippen molar-refractivity contribution in [2.45, 2.75) is 26.4 Å². The van der Waals surface area contributed by atoms with Crippen LogP contribution in [-0.4, -0.2) is 50.5 Å². The molecule has 0 bridgehead atoms. The van der Waals surface area contributed by atoms with Crippen molar-refractivity contribution >= 4 is 62.3 Å². The smallest absolute Gasteiger partial charge is 0.244 e. The van der Waals surface area contributed by atoms with Crippen LogP contribution in [0.25, 0.3) is 0 Å². The van der Waals surface area contributed by atoms with Crippen LogP contribution in [0.15, 0.2) is 42.5 Å². The summed E-state index contributed by atoms with van der Waals surface area (Å²) in [6.07, 6.45) is 1.01. The molecule has 32 heavy (non-hydrogen) atoms. The van der Waals surface area contributed by atoms with Crippen molar-refractivity contribution in [3.63, 3.8) is 0 Å². The molecule has 2 aromatic carbocycles. The average molecular weight is 521 g/mol. The molecule has 2 amide bonds. The van der Waals surface area contributed by atoms with Gasteiger partial charge in [-0.3, -0.25) is 13.9 Å². The fourth-order valence-corrected chi connectivity index (χ4v) is 4.26. The second-order valence-corrected chi connectivity index (χ2v) is 10.2. The molecule has 0 spiro atoms. The Labute approximate surface area is 203 Å². The molecule has 1 atom stereocenters. The number of anilines is 1. The lowest BCUT2D eigenvalue weighted by atomic mass is 10.1. The fraction of sp³-hybridized carbons (Fsp3) is 0.333. The molecule has 0 fully saturated rings. The van der Waals surface area contributed by atoms with E-state index >= 15 is 0 Å². The molecule has 174 valence electrons. The number of nitrogens with one attached hydrogen (secondary N) is 1. The average Bonchev–Trinajstić information content (AvgIpc) is 2.72. The third kappa shape index (κ3) is 7.00. The number of benzene rings is 2. The van der Waals surface area contributed by atoms with Gasteiger partial charge in [-0.25, -0.2) is 8.42 Å². The van der Waals surface area contributed by atoms with Crippen LogP contribution in [0.5, 0.6) is 0 Å². The SMILES string of the molecule is CCNC(=O)C(C)N(Cc1ccc(Cl)c(Cl)c1)C(=O)CN(c1ccc(Cl)cc1)S(C)(=O)=O. The van der Waals surface area contributed by atoms with Gasteiger partial charge in [-0.05, 0) is 55.8 Å². The molecular formula is C21H24Cl3N3O4S. The summed E-state index contributed by atoms with van der Waals surface area (Å²) in [5.74, 6) is -0.923. The summed E-state index contributed by atoms with van der Waals surface area (Å²) in [6, 6.07) is 10.1. The van der Waals surface area contributed by atoms with E-state index in [2.05, 4.69) is 5.32 Å². The van der Waals surface area contributed by atoms with Gasteiger partial charge in [0.1, 0.15) is 12.6 Å². The summed E-state index contributed by atoms with van der Waals surface area (Å²) >= 11 is 18.0. The maximum Gasteiger partial charge on any atom is 0.244 e. The van der Waals surface area contributed by atoms with Gasteiger partial charge in [0.2, 0.25) is 21.8 Å². The first-order chi connectivity index (χ1) is 14.9. The molecule has 0 aliphatic rings. The molecule has 0 aliphatic carbocycles. The van der Waals surface area contributed by atoms with Crippen LogP contribution in [0.2, 0.25) is 15.1 Å². The highest BCUT2D eigenvalue weighted by molar-refractivity contribution is 7.92. The molecule has 7 nitrogen and oxygen atoms in total. The van der Waals surface area contributed by atoms with Gasteiger partial charge in [0.05, 0.1) is 22.0 Å². The summed E-state index contributed by atoms with van der Waals surface area (Å²) in [5, 5.41) is 3.78. The number of rotatable bonds is 9. The molecule has 0 aromatic heterocycles. The Kier molecular flexibility index (Phi) is 9.21. The van der Waals surface area contributed by atoms with Crippen molar-refractivity contribution in [3.05, 3.63) is 63.1 Å². The normalized spacial score (nSPS) is 12.2. The molecule has 0 radical (unpaired) electrons. The minimum atomic E-state index is -3.80. The van der Waals surface area contributed by atoms with Crippen LogP contribution in [0.1, 0.15) is 19.4 Å². The molecule has 0 saturated carbocycles. The lowest BCUT2D eigenvalue weighted by Crippen LogP contribution is -2.51. The molecule has 0 saturated heterocycles. The quantitative estimate of drug-likeness (QED) is 0.542. The van der Waals surface area contributed by atoms with E-state index in [1.54, 1.807) is 32.0 Å². The molecule has 2 rings (SSSR count). The van der Waals surface area contributed by atoms with Crippen LogP contribution in [-0.2, 0) is 26.2 Å². The number of amides is 2. The predicted molar refractivity (Wildman–Crippen MR) is 129 cm³/mol. The maximum atomic E-state index is 13.3. The van der Waals surface area contributed by atoms with E-state index < -0.39 is 28.5 Å². The molecule has 11 heteroatoms. The molecular weight excluding hydrogens is 497 g/mol. The van der Waals surface area contributed by atoms with Crippen LogP contribution in [0, 0.1) is 0 Å². The zero-order valence-electron chi connectivity index (χ0n) is 17.8. The number of hydrogen-bond donors (Lipinski definition) is 1. The third-order valence-corrected chi connectivity index (χ3v) is 6.78. The Morgan fingerprint density at radius 3 is 2.19 bits per heavy atom. The molecule has 1 N–H and O–H groups in total. The van der Waals surface area contributed by atoms with Crippen LogP contribution < -0.4 is 9.62 Å². The summed E-state index contributed by atoms with van der Waals surface area (Å²) in [4.78, 5) is 27.1. The van der Waals surface area contributed by atoms with Gasteiger partial charge in [0.25, 0.3) is 0 Å². The summed E-state index contributed by atoms with van der Waals surface area (Å²) in [6.45, 7) is 3.27. The number of sulfonamides is 1. The lowest BCUT2D eigenvalue weighted by molar-refractivity contribution is -0.139. The highest BCUT2D eigenvalue weighted by Gasteiger charge is 2.30. The molecule has 0 heterocycles.